The highest BCUT2D eigenvalue weighted by molar-refractivity contribution is 9.10. The monoisotopic (exact) mass is 253 g/mol. The van der Waals surface area contributed by atoms with Crippen LogP contribution in [0.5, 0.6) is 0 Å². The van der Waals surface area contributed by atoms with Crippen molar-refractivity contribution >= 4 is 33.4 Å². The second kappa shape index (κ2) is 3.79. The van der Waals surface area contributed by atoms with Crippen molar-refractivity contribution in [2.45, 2.75) is 6.42 Å². The number of hydrazine groups is 1. The molecule has 1 aliphatic rings. The van der Waals surface area contributed by atoms with E-state index >= 15 is 0 Å². The van der Waals surface area contributed by atoms with Gasteiger partial charge < -0.3 is 0 Å². The van der Waals surface area contributed by atoms with E-state index in [2.05, 4.69) is 31.8 Å². The molecule has 14 heavy (non-hydrogen) atoms. The first-order valence-corrected chi connectivity index (χ1v) is 4.91. The Morgan fingerprint density at radius 3 is 2.50 bits per heavy atom. The highest BCUT2D eigenvalue weighted by Crippen LogP contribution is 2.17. The van der Waals surface area contributed by atoms with E-state index in [1.165, 1.54) is 0 Å². The molecule has 1 amide bonds. The number of amidine groups is 1. The zero-order chi connectivity index (χ0) is 9.97. The molecule has 4 nitrogen and oxygen atoms in total. The molecule has 2 rings (SSSR count). The van der Waals surface area contributed by atoms with Gasteiger partial charge in [-0.05, 0) is 24.3 Å². The summed E-state index contributed by atoms with van der Waals surface area (Å²) in [7, 11) is 0. The van der Waals surface area contributed by atoms with Crippen molar-refractivity contribution in [2.24, 2.45) is 4.99 Å². The van der Waals surface area contributed by atoms with Crippen LogP contribution in [0.2, 0.25) is 0 Å². The van der Waals surface area contributed by atoms with Crippen LogP contribution in [0.3, 0.4) is 0 Å². The molecule has 1 aromatic carbocycles. The third-order valence-corrected chi connectivity index (χ3v) is 2.29. The molecule has 1 aromatic rings. The fraction of sp³-hybridized carbons (Fsp3) is 0.111. The maximum atomic E-state index is 10.8. The molecule has 2 N–H and O–H groups in total. The number of hydrogen-bond acceptors (Lipinski definition) is 2. The minimum Gasteiger partial charge on any atom is -0.285 e. The van der Waals surface area contributed by atoms with Gasteiger partial charge in [0.2, 0.25) is 5.91 Å². The second-order valence-corrected chi connectivity index (χ2v) is 3.80. The number of aliphatic imine (C=N–C) groups is 1. The number of amides is 1. The van der Waals surface area contributed by atoms with E-state index in [0.29, 0.717) is 12.3 Å². The summed E-state index contributed by atoms with van der Waals surface area (Å²) in [6, 6.07) is 7.57. The Balaban J connectivity index is 2.17. The standard InChI is InChI=1S/C9H8BrN3O/c10-6-1-3-7(4-2-6)11-8-5-9(14)13-12-8/h1-4H,5H2,(H,11,12)(H,13,14). The van der Waals surface area contributed by atoms with Gasteiger partial charge in [-0.3, -0.25) is 15.6 Å². The number of nitrogens with zero attached hydrogens (tertiary/aromatic N) is 1. The second-order valence-electron chi connectivity index (χ2n) is 2.88. The summed E-state index contributed by atoms with van der Waals surface area (Å²) in [5.41, 5.74) is 6.01. The van der Waals surface area contributed by atoms with Gasteiger partial charge in [-0.2, -0.15) is 0 Å². The third kappa shape index (κ3) is 2.11. The van der Waals surface area contributed by atoms with Gasteiger partial charge in [-0.15, -0.1) is 0 Å². The predicted octanol–water partition coefficient (Wildman–Crippen LogP) is 1.50. The summed E-state index contributed by atoms with van der Waals surface area (Å²) in [6.07, 6.45) is 0.316. The fourth-order valence-corrected chi connectivity index (χ4v) is 1.39. The summed E-state index contributed by atoms with van der Waals surface area (Å²) in [6.45, 7) is 0. The van der Waals surface area contributed by atoms with Crippen molar-refractivity contribution in [3.05, 3.63) is 28.7 Å². The Labute approximate surface area is 89.5 Å². The number of halogens is 1. The molecular formula is C9H8BrN3O. The van der Waals surface area contributed by atoms with E-state index in [1.54, 1.807) is 0 Å². The van der Waals surface area contributed by atoms with Crippen LogP contribution in [0, 0.1) is 0 Å². The lowest BCUT2D eigenvalue weighted by Crippen LogP contribution is -2.28. The van der Waals surface area contributed by atoms with E-state index in [1.807, 2.05) is 24.3 Å². The maximum absolute atomic E-state index is 10.8. The summed E-state index contributed by atoms with van der Waals surface area (Å²) in [5, 5.41) is 0. The summed E-state index contributed by atoms with van der Waals surface area (Å²) < 4.78 is 1.01. The number of carbonyl (C=O) groups is 1. The zero-order valence-electron chi connectivity index (χ0n) is 7.25. The molecule has 5 heteroatoms. The van der Waals surface area contributed by atoms with Gasteiger partial charge in [-0.1, -0.05) is 15.9 Å². The predicted molar refractivity (Wildman–Crippen MR) is 57.1 cm³/mol. The molecule has 72 valence electrons. The van der Waals surface area contributed by atoms with Crippen molar-refractivity contribution in [1.29, 1.82) is 0 Å². The highest BCUT2D eigenvalue weighted by Gasteiger charge is 2.14. The molecular weight excluding hydrogens is 246 g/mol. The van der Waals surface area contributed by atoms with Crippen molar-refractivity contribution < 1.29 is 4.79 Å². The Kier molecular flexibility index (Phi) is 2.49. The minimum absolute atomic E-state index is 0.0548. The SMILES string of the molecule is O=C1CC(=Nc2ccc(Br)cc2)NN1. The number of carbonyl (C=O) groups excluding carboxylic acids is 1. The number of hydrogen-bond donors (Lipinski definition) is 2. The minimum atomic E-state index is -0.0548. The lowest BCUT2D eigenvalue weighted by molar-refractivity contribution is -0.119. The molecule has 0 aliphatic carbocycles. The molecule has 1 heterocycles. The van der Waals surface area contributed by atoms with Gasteiger partial charge in [0.25, 0.3) is 0 Å². The first-order chi connectivity index (χ1) is 6.74. The molecule has 0 unspecified atom stereocenters. The normalized spacial score (nSPS) is 18.1. The molecule has 1 aliphatic heterocycles. The van der Waals surface area contributed by atoms with E-state index in [-0.39, 0.29) is 5.91 Å². The smallest absolute Gasteiger partial charge is 0.245 e. The van der Waals surface area contributed by atoms with Crippen molar-refractivity contribution in [3.63, 3.8) is 0 Å². The molecule has 0 aromatic heterocycles. The fourth-order valence-electron chi connectivity index (χ4n) is 1.12. The Morgan fingerprint density at radius 2 is 1.93 bits per heavy atom. The first-order valence-electron chi connectivity index (χ1n) is 4.12. The van der Waals surface area contributed by atoms with Gasteiger partial charge in [0.15, 0.2) is 0 Å². The lowest BCUT2D eigenvalue weighted by atomic mass is 10.3. The Bertz CT molecular complexity index is 386. The molecule has 1 saturated heterocycles. The van der Waals surface area contributed by atoms with Crippen LogP contribution < -0.4 is 10.9 Å². The largest absolute Gasteiger partial charge is 0.285 e. The number of nitrogens with one attached hydrogen (secondary N) is 2. The quantitative estimate of drug-likeness (QED) is 0.798. The number of benzene rings is 1. The Hall–Kier alpha value is -1.36. The van der Waals surface area contributed by atoms with Gasteiger partial charge >= 0.3 is 0 Å². The van der Waals surface area contributed by atoms with Crippen molar-refractivity contribution in [3.8, 4) is 0 Å². The van der Waals surface area contributed by atoms with Gasteiger partial charge in [-0.25, -0.2) is 4.99 Å². The first kappa shape index (κ1) is 9.21. The van der Waals surface area contributed by atoms with Gasteiger partial charge in [0.05, 0.1) is 12.1 Å². The van der Waals surface area contributed by atoms with Crippen LogP contribution in [-0.4, -0.2) is 11.7 Å². The summed E-state index contributed by atoms with van der Waals surface area (Å²) in [5.74, 6) is 0.596. The molecule has 0 radical (unpaired) electrons. The Morgan fingerprint density at radius 1 is 1.21 bits per heavy atom. The van der Waals surface area contributed by atoms with Crippen molar-refractivity contribution in [2.75, 3.05) is 0 Å². The lowest BCUT2D eigenvalue weighted by Gasteiger charge is -1.97. The average molecular weight is 254 g/mol. The highest BCUT2D eigenvalue weighted by atomic mass is 79.9. The van der Waals surface area contributed by atoms with Crippen molar-refractivity contribution in [1.82, 2.24) is 10.9 Å². The topological polar surface area (TPSA) is 53.5 Å². The average Bonchev–Trinajstić information content (AvgIpc) is 2.56. The molecule has 0 saturated carbocycles. The van der Waals surface area contributed by atoms with Crippen LogP contribution in [0.25, 0.3) is 0 Å². The summed E-state index contributed by atoms with van der Waals surface area (Å²) in [4.78, 5) is 15.1. The van der Waals surface area contributed by atoms with Crippen LogP contribution in [0.4, 0.5) is 5.69 Å². The maximum Gasteiger partial charge on any atom is 0.245 e. The molecule has 0 spiro atoms. The van der Waals surface area contributed by atoms with Crippen LogP contribution in [0.1, 0.15) is 6.42 Å². The molecule has 0 bridgehead atoms. The van der Waals surface area contributed by atoms with Crippen LogP contribution >= 0.6 is 15.9 Å². The summed E-state index contributed by atoms with van der Waals surface area (Å²) >= 11 is 3.34. The molecule has 1 fully saturated rings. The van der Waals surface area contributed by atoms with Crippen LogP contribution in [0.15, 0.2) is 33.7 Å². The van der Waals surface area contributed by atoms with E-state index in [4.69, 9.17) is 0 Å². The van der Waals surface area contributed by atoms with Crippen LogP contribution in [-0.2, 0) is 4.79 Å². The zero-order valence-corrected chi connectivity index (χ0v) is 8.84. The number of rotatable bonds is 1. The third-order valence-electron chi connectivity index (χ3n) is 1.76. The van der Waals surface area contributed by atoms with E-state index in [9.17, 15) is 4.79 Å². The van der Waals surface area contributed by atoms with E-state index < -0.39 is 0 Å². The van der Waals surface area contributed by atoms with Gasteiger partial charge in [0, 0.05) is 4.47 Å². The molecule has 0 atom stereocenters. The van der Waals surface area contributed by atoms with E-state index in [0.717, 1.165) is 10.2 Å². The van der Waals surface area contributed by atoms with Gasteiger partial charge in [0.1, 0.15) is 5.84 Å².